The molecule has 2 rings (SSSR count). The van der Waals surface area contributed by atoms with E-state index < -0.39 is 23.9 Å². The Kier molecular flexibility index (Phi) is 4.31. The minimum Gasteiger partial charge on any atom is -0.392 e. The van der Waals surface area contributed by atoms with E-state index in [0.29, 0.717) is 13.1 Å². The number of rotatable bonds is 3. The summed E-state index contributed by atoms with van der Waals surface area (Å²) in [5.74, 6) is 0. The first-order chi connectivity index (χ1) is 9.43. The molecule has 2 atom stereocenters. The molecule has 1 aliphatic heterocycles. The highest BCUT2D eigenvalue weighted by Crippen LogP contribution is 2.40. The van der Waals surface area contributed by atoms with E-state index in [0.717, 1.165) is 6.07 Å². The van der Waals surface area contributed by atoms with Crippen molar-refractivity contribution in [2.24, 2.45) is 0 Å². The van der Waals surface area contributed by atoms with Gasteiger partial charge in [-0.2, -0.15) is 18.4 Å². The van der Waals surface area contributed by atoms with Crippen molar-refractivity contribution in [2.75, 3.05) is 13.1 Å². The Morgan fingerprint density at radius 2 is 2.05 bits per heavy atom. The van der Waals surface area contributed by atoms with E-state index in [1.807, 2.05) is 6.07 Å². The van der Waals surface area contributed by atoms with Crippen LogP contribution in [-0.4, -0.2) is 29.2 Å². The van der Waals surface area contributed by atoms with Crippen LogP contribution in [0.5, 0.6) is 0 Å². The smallest absolute Gasteiger partial charge is 0.392 e. The number of likely N-dealkylation sites (tertiary alicyclic amines) is 1. The molecule has 0 radical (unpaired) electrons. The number of nitriles is 1. The van der Waals surface area contributed by atoms with E-state index in [-0.39, 0.29) is 18.4 Å². The van der Waals surface area contributed by atoms with Gasteiger partial charge in [-0.05, 0) is 18.1 Å². The zero-order valence-corrected chi connectivity index (χ0v) is 10.8. The first-order valence-electron chi connectivity index (χ1n) is 6.38. The number of β-amino-alcohol motifs (C(OH)–C–C–N with tert-alkyl or cyclic N) is 1. The number of benzene rings is 1. The summed E-state index contributed by atoms with van der Waals surface area (Å²) in [7, 11) is 0. The maximum absolute atomic E-state index is 13.0. The Labute approximate surface area is 115 Å². The van der Waals surface area contributed by atoms with Crippen molar-refractivity contribution in [3.8, 4) is 6.07 Å². The second-order valence-electron chi connectivity index (χ2n) is 4.89. The summed E-state index contributed by atoms with van der Waals surface area (Å²) in [4.78, 5) is 1.75. The van der Waals surface area contributed by atoms with Gasteiger partial charge in [-0.3, -0.25) is 4.90 Å². The van der Waals surface area contributed by atoms with Crippen LogP contribution in [0.4, 0.5) is 13.2 Å². The van der Waals surface area contributed by atoms with Crippen LogP contribution in [0.15, 0.2) is 24.3 Å². The summed E-state index contributed by atoms with van der Waals surface area (Å²) in [6.45, 7) is 0.670. The lowest BCUT2D eigenvalue weighted by molar-refractivity contribution is -0.138. The van der Waals surface area contributed by atoms with Crippen molar-refractivity contribution in [3.05, 3.63) is 35.4 Å². The van der Waals surface area contributed by atoms with Gasteiger partial charge in [0.1, 0.15) is 0 Å². The van der Waals surface area contributed by atoms with Crippen LogP contribution in [-0.2, 0) is 6.18 Å². The zero-order chi connectivity index (χ0) is 14.8. The van der Waals surface area contributed by atoms with Crippen molar-refractivity contribution >= 4 is 0 Å². The normalized spacial score (nSPS) is 23.8. The van der Waals surface area contributed by atoms with Crippen LogP contribution in [0.1, 0.15) is 30.0 Å². The topological polar surface area (TPSA) is 47.3 Å². The van der Waals surface area contributed by atoms with E-state index in [2.05, 4.69) is 0 Å². The molecule has 1 heterocycles. The van der Waals surface area contributed by atoms with Crippen molar-refractivity contribution in [1.29, 1.82) is 5.26 Å². The number of alkyl halides is 3. The fraction of sp³-hybridized carbons (Fsp3) is 0.500. The summed E-state index contributed by atoms with van der Waals surface area (Å²) in [5, 5.41) is 18.3. The molecule has 0 amide bonds. The van der Waals surface area contributed by atoms with Gasteiger partial charge in [0.05, 0.1) is 17.7 Å². The molecule has 0 aromatic heterocycles. The molecule has 1 aliphatic rings. The lowest BCUT2D eigenvalue weighted by Gasteiger charge is -2.26. The van der Waals surface area contributed by atoms with Gasteiger partial charge in [-0.15, -0.1) is 0 Å². The summed E-state index contributed by atoms with van der Waals surface area (Å²) in [5.41, 5.74) is -0.490. The van der Waals surface area contributed by atoms with Gasteiger partial charge in [-0.1, -0.05) is 18.2 Å². The van der Waals surface area contributed by atoms with Crippen LogP contribution in [0, 0.1) is 11.3 Å². The quantitative estimate of drug-likeness (QED) is 0.928. The number of nitrogens with zero attached hydrogens (tertiary/aromatic N) is 2. The molecule has 0 unspecified atom stereocenters. The third kappa shape index (κ3) is 3.11. The summed E-state index contributed by atoms with van der Waals surface area (Å²) >= 11 is 0. The second kappa shape index (κ2) is 5.81. The van der Waals surface area contributed by atoms with Crippen LogP contribution < -0.4 is 0 Å². The van der Waals surface area contributed by atoms with E-state index in [1.165, 1.54) is 12.1 Å². The Hall–Kier alpha value is -1.58. The molecule has 1 fully saturated rings. The lowest BCUT2D eigenvalue weighted by atomic mass is 9.97. The molecular formula is C14H15F3N2O. The molecular weight excluding hydrogens is 269 g/mol. The number of aliphatic hydroxyl groups excluding tert-OH is 1. The molecule has 6 heteroatoms. The SMILES string of the molecule is N#CCCN1C[C@H](O)C[C@H]1c1ccccc1C(F)(F)F. The third-order valence-corrected chi connectivity index (χ3v) is 3.52. The summed E-state index contributed by atoms with van der Waals surface area (Å²) in [6, 6.07) is 6.92. The molecule has 1 N–H and O–H groups in total. The monoisotopic (exact) mass is 284 g/mol. The van der Waals surface area contributed by atoms with Gasteiger partial charge in [0.25, 0.3) is 0 Å². The van der Waals surface area contributed by atoms with E-state index >= 15 is 0 Å². The van der Waals surface area contributed by atoms with Gasteiger partial charge < -0.3 is 5.11 Å². The average molecular weight is 284 g/mol. The number of aliphatic hydroxyl groups is 1. The number of hydrogen-bond donors (Lipinski definition) is 1. The van der Waals surface area contributed by atoms with Gasteiger partial charge >= 0.3 is 6.18 Å². The highest BCUT2D eigenvalue weighted by molar-refractivity contribution is 5.33. The molecule has 0 spiro atoms. The number of hydrogen-bond acceptors (Lipinski definition) is 3. The molecule has 0 bridgehead atoms. The van der Waals surface area contributed by atoms with E-state index in [9.17, 15) is 18.3 Å². The van der Waals surface area contributed by atoms with Gasteiger partial charge in [0, 0.05) is 25.6 Å². The average Bonchev–Trinajstić information content (AvgIpc) is 2.76. The van der Waals surface area contributed by atoms with Gasteiger partial charge in [0.15, 0.2) is 0 Å². The van der Waals surface area contributed by atoms with Crippen LogP contribution in [0.3, 0.4) is 0 Å². The third-order valence-electron chi connectivity index (χ3n) is 3.52. The Balaban J connectivity index is 2.32. The highest BCUT2D eigenvalue weighted by Gasteiger charge is 2.39. The minimum atomic E-state index is -4.41. The lowest BCUT2D eigenvalue weighted by Crippen LogP contribution is -2.27. The molecule has 20 heavy (non-hydrogen) atoms. The minimum absolute atomic E-state index is 0.175. The maximum atomic E-state index is 13.0. The molecule has 108 valence electrons. The standard InChI is InChI=1S/C14H15F3N2O/c15-14(16,17)12-5-2-1-4-11(12)13-8-10(20)9-19(13)7-3-6-18/h1-2,4-5,10,13,20H,3,7-9H2/t10-,13+/m1/s1. The van der Waals surface area contributed by atoms with E-state index in [4.69, 9.17) is 5.26 Å². The molecule has 1 aromatic carbocycles. The molecule has 0 saturated carbocycles. The predicted octanol–water partition coefficient (Wildman–Crippen LogP) is 2.73. The summed E-state index contributed by atoms with van der Waals surface area (Å²) < 4.78 is 39.1. The Morgan fingerprint density at radius 1 is 1.35 bits per heavy atom. The van der Waals surface area contributed by atoms with Crippen LogP contribution in [0.25, 0.3) is 0 Å². The fourth-order valence-electron chi connectivity index (χ4n) is 2.69. The highest BCUT2D eigenvalue weighted by atomic mass is 19.4. The first-order valence-corrected chi connectivity index (χ1v) is 6.38. The summed E-state index contributed by atoms with van der Waals surface area (Å²) in [6.07, 6.45) is -4.57. The number of halogens is 3. The second-order valence-corrected chi connectivity index (χ2v) is 4.89. The fourth-order valence-corrected chi connectivity index (χ4v) is 2.69. The zero-order valence-electron chi connectivity index (χ0n) is 10.8. The van der Waals surface area contributed by atoms with Gasteiger partial charge in [-0.25, -0.2) is 0 Å². The molecule has 1 aromatic rings. The van der Waals surface area contributed by atoms with Gasteiger partial charge in [0.2, 0.25) is 0 Å². The first kappa shape index (κ1) is 14.8. The van der Waals surface area contributed by atoms with E-state index in [1.54, 1.807) is 11.0 Å². The van der Waals surface area contributed by atoms with Crippen molar-refractivity contribution in [3.63, 3.8) is 0 Å². The Bertz CT molecular complexity index is 510. The maximum Gasteiger partial charge on any atom is 0.416 e. The Morgan fingerprint density at radius 3 is 2.70 bits per heavy atom. The molecule has 1 saturated heterocycles. The van der Waals surface area contributed by atoms with Crippen molar-refractivity contribution < 1.29 is 18.3 Å². The van der Waals surface area contributed by atoms with Crippen molar-refractivity contribution in [1.82, 2.24) is 4.90 Å². The van der Waals surface area contributed by atoms with Crippen LogP contribution >= 0.6 is 0 Å². The van der Waals surface area contributed by atoms with Crippen LogP contribution in [0.2, 0.25) is 0 Å². The molecule has 3 nitrogen and oxygen atoms in total. The molecule has 0 aliphatic carbocycles. The van der Waals surface area contributed by atoms with Crippen molar-refractivity contribution in [2.45, 2.75) is 31.2 Å². The predicted molar refractivity (Wildman–Crippen MR) is 66.6 cm³/mol. The largest absolute Gasteiger partial charge is 0.416 e.